The van der Waals surface area contributed by atoms with Crippen molar-refractivity contribution in [1.82, 2.24) is 0 Å². The van der Waals surface area contributed by atoms with Crippen molar-refractivity contribution in [3.63, 3.8) is 0 Å². The molecule has 1 rings (SSSR count). The minimum Gasteiger partial charge on any atom is -0.744 e. The fourth-order valence-electron chi connectivity index (χ4n) is 2.18. The summed E-state index contributed by atoms with van der Waals surface area (Å²) in [5.41, 5.74) is 2.37. The van der Waals surface area contributed by atoms with Gasteiger partial charge in [0, 0.05) is 0 Å². The van der Waals surface area contributed by atoms with E-state index < -0.39 is 10.1 Å². The van der Waals surface area contributed by atoms with Crippen LogP contribution in [-0.2, 0) is 10.1 Å². The maximum absolute atomic E-state index is 11.6. The van der Waals surface area contributed by atoms with E-state index in [0.717, 1.165) is 5.56 Å². The average Bonchev–Trinajstić information content (AvgIpc) is 2.25. The monoisotopic (exact) mass is 306 g/mol. The molecule has 1 aromatic rings. The Balaban J connectivity index is 0.00000361. The molecule has 3 nitrogen and oxygen atoms in total. The van der Waals surface area contributed by atoms with E-state index in [0.29, 0.717) is 17.0 Å². The van der Waals surface area contributed by atoms with Gasteiger partial charge in [0.05, 0.1) is 4.90 Å². The van der Waals surface area contributed by atoms with Crippen LogP contribution in [0.2, 0.25) is 0 Å². The number of hydrogen-bond acceptors (Lipinski definition) is 3. The minimum atomic E-state index is -4.45. The zero-order valence-electron chi connectivity index (χ0n) is 13.5. The van der Waals surface area contributed by atoms with E-state index in [1.807, 2.05) is 39.8 Å². The van der Waals surface area contributed by atoms with Gasteiger partial charge in [0.1, 0.15) is 10.1 Å². The van der Waals surface area contributed by atoms with E-state index in [1.54, 1.807) is 0 Å². The third-order valence-electron chi connectivity index (χ3n) is 3.33. The molecule has 0 N–H and O–H groups in total. The zero-order valence-corrected chi connectivity index (χ0v) is 16.3. The van der Waals surface area contributed by atoms with Gasteiger partial charge in [-0.15, -0.1) is 0 Å². The van der Waals surface area contributed by atoms with E-state index in [4.69, 9.17) is 0 Å². The first-order valence-corrected chi connectivity index (χ1v) is 8.10. The van der Waals surface area contributed by atoms with Crippen molar-refractivity contribution in [1.29, 1.82) is 0 Å². The van der Waals surface area contributed by atoms with Crippen molar-refractivity contribution in [3.8, 4) is 0 Å². The predicted octanol–water partition coefficient (Wildman–Crippen LogP) is 0.965. The van der Waals surface area contributed by atoms with E-state index >= 15 is 0 Å². The summed E-state index contributed by atoms with van der Waals surface area (Å²) < 4.78 is 34.8. The molecule has 0 atom stereocenters. The Morgan fingerprint density at radius 1 is 0.850 bits per heavy atom. The van der Waals surface area contributed by atoms with Gasteiger partial charge >= 0.3 is 29.6 Å². The van der Waals surface area contributed by atoms with Crippen molar-refractivity contribution in [2.45, 2.75) is 64.2 Å². The first-order chi connectivity index (χ1) is 8.55. The maximum atomic E-state index is 11.6. The maximum Gasteiger partial charge on any atom is 1.00 e. The molecule has 0 bridgehead atoms. The van der Waals surface area contributed by atoms with Crippen molar-refractivity contribution in [2.24, 2.45) is 0 Å². The van der Waals surface area contributed by atoms with Crippen molar-refractivity contribution >= 4 is 10.1 Å². The van der Waals surface area contributed by atoms with Gasteiger partial charge in [0.15, 0.2) is 0 Å². The molecule has 0 aromatic heterocycles. The normalized spacial score (nSPS) is 12.1. The second kappa shape index (κ2) is 7.41. The average molecular weight is 306 g/mol. The van der Waals surface area contributed by atoms with Gasteiger partial charge in [-0.1, -0.05) is 53.7 Å². The van der Waals surface area contributed by atoms with Crippen LogP contribution in [0, 0.1) is 0 Å². The van der Waals surface area contributed by atoms with E-state index in [1.165, 1.54) is 0 Å². The molecule has 0 aliphatic carbocycles. The molecule has 5 heteroatoms. The van der Waals surface area contributed by atoms with Gasteiger partial charge in [-0.25, -0.2) is 8.42 Å². The van der Waals surface area contributed by atoms with Crippen molar-refractivity contribution in [2.75, 3.05) is 0 Å². The summed E-state index contributed by atoms with van der Waals surface area (Å²) in [7, 11) is -4.45. The second-order valence-corrected chi connectivity index (χ2v) is 7.26. The van der Waals surface area contributed by atoms with Gasteiger partial charge in [0.2, 0.25) is 0 Å². The summed E-state index contributed by atoms with van der Waals surface area (Å²) in [6.45, 7) is 11.8. The third-order valence-corrected chi connectivity index (χ3v) is 4.30. The van der Waals surface area contributed by atoms with Crippen LogP contribution in [0.4, 0.5) is 0 Å². The van der Waals surface area contributed by atoms with Crippen LogP contribution >= 0.6 is 0 Å². The molecule has 20 heavy (non-hydrogen) atoms. The summed E-state index contributed by atoms with van der Waals surface area (Å²) in [5.74, 6) is 0.322. The van der Waals surface area contributed by atoms with Crippen LogP contribution < -0.4 is 29.6 Å². The fourth-order valence-corrected chi connectivity index (χ4v) is 3.34. The quantitative estimate of drug-likeness (QED) is 0.615. The van der Waals surface area contributed by atoms with Gasteiger partial charge in [-0.05, 0) is 34.4 Å². The van der Waals surface area contributed by atoms with Crippen LogP contribution in [0.5, 0.6) is 0 Å². The minimum absolute atomic E-state index is 0. The molecule has 0 aliphatic heterocycles. The molecule has 0 spiro atoms. The molecule has 1 aromatic carbocycles. The van der Waals surface area contributed by atoms with Crippen LogP contribution in [0.15, 0.2) is 17.0 Å². The van der Waals surface area contributed by atoms with E-state index in [2.05, 4.69) is 13.8 Å². The van der Waals surface area contributed by atoms with Crippen molar-refractivity contribution in [3.05, 3.63) is 28.8 Å². The Bertz CT molecular complexity index is 531. The summed E-state index contributed by atoms with van der Waals surface area (Å²) in [6.07, 6.45) is 0. The first kappa shape index (κ1) is 20.1. The molecule has 0 radical (unpaired) electrons. The summed E-state index contributed by atoms with van der Waals surface area (Å²) in [5, 5.41) is 0. The van der Waals surface area contributed by atoms with Crippen LogP contribution in [-0.4, -0.2) is 13.0 Å². The Morgan fingerprint density at radius 2 is 1.20 bits per heavy atom. The Labute approximate surface area is 145 Å². The number of rotatable bonds is 4. The SMILES string of the molecule is CC(C)c1cc(C(C)C)c(S(=O)(=O)[O-])c(C(C)C)c1.[Na+]. The summed E-state index contributed by atoms with van der Waals surface area (Å²) in [6, 6.07) is 3.73. The molecule has 0 heterocycles. The molecule has 0 amide bonds. The molecule has 0 unspecified atom stereocenters. The summed E-state index contributed by atoms with van der Waals surface area (Å²) in [4.78, 5) is -0.0121. The van der Waals surface area contributed by atoms with Gasteiger partial charge in [0.25, 0.3) is 0 Å². The number of hydrogen-bond donors (Lipinski definition) is 0. The van der Waals surface area contributed by atoms with Crippen LogP contribution in [0.3, 0.4) is 0 Å². The molecule has 108 valence electrons. The number of benzene rings is 1. The summed E-state index contributed by atoms with van der Waals surface area (Å²) >= 11 is 0. The molecule has 0 saturated heterocycles. The largest absolute Gasteiger partial charge is 1.00 e. The topological polar surface area (TPSA) is 57.2 Å². The Morgan fingerprint density at radius 3 is 1.40 bits per heavy atom. The van der Waals surface area contributed by atoms with Crippen LogP contribution in [0.1, 0.15) is 76.0 Å². The van der Waals surface area contributed by atoms with E-state index in [-0.39, 0.29) is 46.3 Å². The predicted molar refractivity (Wildman–Crippen MR) is 76.7 cm³/mol. The smallest absolute Gasteiger partial charge is 0.744 e. The molecule has 0 fully saturated rings. The molecule has 0 saturated carbocycles. The van der Waals surface area contributed by atoms with Gasteiger partial charge in [-0.3, -0.25) is 0 Å². The molecule has 0 aliphatic rings. The second-order valence-electron chi connectivity index (χ2n) is 5.95. The van der Waals surface area contributed by atoms with Crippen molar-refractivity contribution < 1.29 is 42.5 Å². The van der Waals surface area contributed by atoms with Gasteiger partial charge in [-0.2, -0.15) is 0 Å². The standard InChI is InChI=1S/C15H24O3S.Na/c1-9(2)12-7-13(10(3)4)15(19(16,17)18)14(8-12)11(5)6;/h7-11H,1-6H3,(H,16,17,18);/q;+1/p-1. The zero-order chi connectivity index (χ0) is 15.0. The molecular weight excluding hydrogens is 283 g/mol. The Kier molecular flexibility index (Phi) is 7.46. The van der Waals surface area contributed by atoms with Gasteiger partial charge < -0.3 is 4.55 Å². The fraction of sp³-hybridized carbons (Fsp3) is 0.600. The van der Waals surface area contributed by atoms with E-state index in [9.17, 15) is 13.0 Å². The first-order valence-electron chi connectivity index (χ1n) is 6.69. The van der Waals surface area contributed by atoms with Crippen LogP contribution in [0.25, 0.3) is 0 Å². The third kappa shape index (κ3) is 4.57. The molecular formula is C15H23NaO3S. The Hall–Kier alpha value is 0.130.